The summed E-state index contributed by atoms with van der Waals surface area (Å²) in [5, 5.41) is 1.86. The molecule has 0 unspecified atom stereocenters. The van der Waals surface area contributed by atoms with Crippen molar-refractivity contribution < 1.29 is 9.59 Å². The molecule has 4 heteroatoms. The molecule has 122 valence electrons. The first kappa shape index (κ1) is 16.2. The van der Waals surface area contributed by atoms with Gasteiger partial charge in [0.25, 0.3) is 0 Å². The van der Waals surface area contributed by atoms with Crippen molar-refractivity contribution in [3.05, 3.63) is 45.8 Å². The quantitative estimate of drug-likeness (QED) is 0.518. The van der Waals surface area contributed by atoms with Crippen LogP contribution in [0.1, 0.15) is 57.1 Å². The van der Waals surface area contributed by atoms with Crippen LogP contribution in [0, 0.1) is 27.7 Å². The van der Waals surface area contributed by atoms with Crippen LogP contribution in [-0.4, -0.2) is 21.5 Å². The molecule has 0 aliphatic carbocycles. The number of benzene rings is 1. The van der Waals surface area contributed by atoms with E-state index in [-0.39, 0.29) is 11.6 Å². The van der Waals surface area contributed by atoms with Gasteiger partial charge < -0.3 is 0 Å². The highest BCUT2D eigenvalue weighted by Crippen LogP contribution is 2.30. The van der Waals surface area contributed by atoms with Gasteiger partial charge in [-0.15, -0.1) is 0 Å². The fourth-order valence-electron chi connectivity index (χ4n) is 3.69. The lowest BCUT2D eigenvalue weighted by Gasteiger charge is -2.14. The summed E-state index contributed by atoms with van der Waals surface area (Å²) in [5.74, 6) is 0.0327. The van der Waals surface area contributed by atoms with E-state index in [4.69, 9.17) is 0 Å². The Labute approximate surface area is 140 Å². The number of hydrogen-bond acceptors (Lipinski definition) is 4. The summed E-state index contributed by atoms with van der Waals surface area (Å²) in [6.07, 6.45) is 0. The molecular weight excluding hydrogens is 300 g/mol. The number of hydrogen-bond donors (Lipinski definition) is 0. The summed E-state index contributed by atoms with van der Waals surface area (Å²) in [4.78, 5) is 33.1. The van der Waals surface area contributed by atoms with E-state index >= 15 is 0 Å². The molecular formula is C20H20N2O2. The van der Waals surface area contributed by atoms with Crippen LogP contribution in [-0.2, 0) is 0 Å². The number of carbonyl (C=O) groups excluding carboxylic acids is 2. The Morgan fingerprint density at radius 1 is 0.708 bits per heavy atom. The topological polar surface area (TPSA) is 59.9 Å². The normalized spacial score (nSPS) is 11.2. The minimum absolute atomic E-state index is 0.0164. The molecule has 2 aromatic heterocycles. The molecule has 0 atom stereocenters. The SMILES string of the molecule is CC(=O)c1c(C)nc2cc3nc(C)c(C(C)=O)c(C)c3cc2c1C. The molecule has 24 heavy (non-hydrogen) atoms. The second-order valence-electron chi connectivity index (χ2n) is 6.39. The molecule has 0 aliphatic heterocycles. The van der Waals surface area contributed by atoms with Gasteiger partial charge in [-0.05, 0) is 64.8 Å². The monoisotopic (exact) mass is 320 g/mol. The van der Waals surface area contributed by atoms with Gasteiger partial charge in [-0.2, -0.15) is 0 Å². The smallest absolute Gasteiger partial charge is 0.161 e. The van der Waals surface area contributed by atoms with Gasteiger partial charge in [-0.3, -0.25) is 19.6 Å². The summed E-state index contributed by atoms with van der Waals surface area (Å²) in [7, 11) is 0. The number of aryl methyl sites for hydroxylation is 4. The van der Waals surface area contributed by atoms with Gasteiger partial charge in [0, 0.05) is 33.3 Å². The second-order valence-corrected chi connectivity index (χ2v) is 6.39. The molecule has 0 bridgehead atoms. The molecule has 3 aromatic rings. The van der Waals surface area contributed by atoms with Crippen molar-refractivity contribution in [3.63, 3.8) is 0 Å². The molecule has 0 amide bonds. The lowest BCUT2D eigenvalue weighted by atomic mass is 9.95. The summed E-state index contributed by atoms with van der Waals surface area (Å²) in [6.45, 7) is 10.7. The van der Waals surface area contributed by atoms with Gasteiger partial charge >= 0.3 is 0 Å². The van der Waals surface area contributed by atoms with E-state index in [1.807, 2.05) is 39.8 Å². The van der Waals surface area contributed by atoms with Gasteiger partial charge in [0.15, 0.2) is 11.6 Å². The molecule has 0 saturated carbocycles. The third-order valence-electron chi connectivity index (χ3n) is 4.68. The zero-order chi connectivity index (χ0) is 17.8. The molecule has 0 radical (unpaired) electrons. The standard InChI is InChI=1S/C20H20N2O2/c1-9-15-7-16-10(2)20(14(6)24)12(4)22-18(16)8-17(15)21-11(3)19(9)13(5)23/h7-8H,1-6H3. The molecule has 2 heterocycles. The van der Waals surface area contributed by atoms with Crippen molar-refractivity contribution in [2.75, 3.05) is 0 Å². The molecule has 0 spiro atoms. The molecule has 1 aromatic carbocycles. The number of Topliss-reactive ketones (excluding diaryl/α,β-unsaturated/α-hetero) is 2. The van der Waals surface area contributed by atoms with Gasteiger partial charge in [-0.25, -0.2) is 0 Å². The van der Waals surface area contributed by atoms with Crippen LogP contribution in [0.2, 0.25) is 0 Å². The Morgan fingerprint density at radius 3 is 1.42 bits per heavy atom. The summed E-state index contributed by atoms with van der Waals surface area (Å²) in [6, 6.07) is 3.95. The van der Waals surface area contributed by atoms with Crippen LogP contribution in [0.25, 0.3) is 21.8 Å². The van der Waals surface area contributed by atoms with E-state index in [9.17, 15) is 9.59 Å². The first-order valence-corrected chi connectivity index (χ1v) is 7.96. The fraction of sp³-hybridized carbons (Fsp3) is 0.300. The summed E-state index contributed by atoms with van der Waals surface area (Å²) >= 11 is 0. The van der Waals surface area contributed by atoms with Crippen molar-refractivity contribution in [2.45, 2.75) is 41.5 Å². The highest BCUT2D eigenvalue weighted by molar-refractivity contribution is 6.07. The predicted octanol–water partition coefficient (Wildman–Crippen LogP) is 4.42. The third-order valence-corrected chi connectivity index (χ3v) is 4.68. The van der Waals surface area contributed by atoms with Crippen LogP contribution in [0.15, 0.2) is 12.1 Å². The Morgan fingerprint density at radius 2 is 1.08 bits per heavy atom. The maximum atomic E-state index is 12.0. The molecule has 0 fully saturated rings. The van der Waals surface area contributed by atoms with E-state index in [0.717, 1.165) is 44.3 Å². The van der Waals surface area contributed by atoms with Gasteiger partial charge in [0.1, 0.15) is 0 Å². The lowest BCUT2D eigenvalue weighted by Crippen LogP contribution is -2.05. The Balaban J connectivity index is 2.50. The Kier molecular flexibility index (Phi) is 3.71. The second kappa shape index (κ2) is 5.48. The van der Waals surface area contributed by atoms with E-state index in [0.29, 0.717) is 11.1 Å². The van der Waals surface area contributed by atoms with Crippen molar-refractivity contribution in [2.24, 2.45) is 0 Å². The van der Waals surface area contributed by atoms with Crippen LogP contribution >= 0.6 is 0 Å². The average molecular weight is 320 g/mol. The molecule has 4 nitrogen and oxygen atoms in total. The zero-order valence-electron chi connectivity index (χ0n) is 14.9. The van der Waals surface area contributed by atoms with E-state index < -0.39 is 0 Å². The van der Waals surface area contributed by atoms with Crippen molar-refractivity contribution in [1.29, 1.82) is 0 Å². The minimum atomic E-state index is 0.0164. The van der Waals surface area contributed by atoms with Crippen LogP contribution in [0.5, 0.6) is 0 Å². The van der Waals surface area contributed by atoms with Crippen molar-refractivity contribution in [1.82, 2.24) is 9.97 Å². The number of nitrogens with zero attached hydrogens (tertiary/aromatic N) is 2. The van der Waals surface area contributed by atoms with Crippen LogP contribution < -0.4 is 0 Å². The predicted molar refractivity (Wildman–Crippen MR) is 96.0 cm³/mol. The number of ketones is 2. The number of rotatable bonds is 2. The van der Waals surface area contributed by atoms with E-state index in [2.05, 4.69) is 9.97 Å². The highest BCUT2D eigenvalue weighted by atomic mass is 16.1. The number of carbonyl (C=O) groups is 2. The third kappa shape index (κ3) is 2.30. The fourth-order valence-corrected chi connectivity index (χ4v) is 3.69. The Bertz CT molecular complexity index is 968. The Hall–Kier alpha value is -2.62. The minimum Gasteiger partial charge on any atom is -0.294 e. The van der Waals surface area contributed by atoms with Gasteiger partial charge in [0.05, 0.1) is 11.0 Å². The number of pyridine rings is 2. The molecule has 0 N–H and O–H groups in total. The van der Waals surface area contributed by atoms with Crippen LogP contribution in [0.4, 0.5) is 0 Å². The maximum absolute atomic E-state index is 12.0. The maximum Gasteiger partial charge on any atom is 0.161 e. The zero-order valence-corrected chi connectivity index (χ0v) is 14.9. The van der Waals surface area contributed by atoms with Gasteiger partial charge in [0.2, 0.25) is 0 Å². The summed E-state index contributed by atoms with van der Waals surface area (Å²) in [5.41, 5.74) is 6.32. The van der Waals surface area contributed by atoms with E-state index in [1.54, 1.807) is 13.8 Å². The summed E-state index contributed by atoms with van der Waals surface area (Å²) < 4.78 is 0. The highest BCUT2D eigenvalue weighted by Gasteiger charge is 2.17. The van der Waals surface area contributed by atoms with Crippen molar-refractivity contribution >= 4 is 33.4 Å². The first-order chi connectivity index (χ1) is 11.2. The molecule has 0 saturated heterocycles. The number of aromatic nitrogens is 2. The van der Waals surface area contributed by atoms with E-state index in [1.165, 1.54) is 0 Å². The first-order valence-electron chi connectivity index (χ1n) is 7.96. The molecule has 0 aliphatic rings. The van der Waals surface area contributed by atoms with Crippen molar-refractivity contribution in [3.8, 4) is 0 Å². The lowest BCUT2D eigenvalue weighted by molar-refractivity contribution is 0.100. The number of fused-ring (bicyclic) bond motifs is 2. The average Bonchev–Trinajstić information content (AvgIpc) is 2.44. The largest absolute Gasteiger partial charge is 0.294 e. The molecule has 3 rings (SSSR count). The van der Waals surface area contributed by atoms with Gasteiger partial charge in [-0.1, -0.05) is 0 Å². The van der Waals surface area contributed by atoms with Crippen LogP contribution in [0.3, 0.4) is 0 Å².